The number of aliphatic imine (C=N–C) groups is 1. The van der Waals surface area contributed by atoms with Crippen molar-refractivity contribution >= 4 is 44.4 Å². The molecule has 1 aromatic heterocycles. The lowest BCUT2D eigenvalue weighted by atomic mass is 9.95. The van der Waals surface area contributed by atoms with E-state index in [1.807, 2.05) is 18.5 Å². The molecule has 3 aromatic carbocycles. The Morgan fingerprint density at radius 3 is 2.52 bits per heavy atom. The van der Waals surface area contributed by atoms with E-state index in [0.29, 0.717) is 0 Å². The number of aromatic amines is 1. The highest BCUT2D eigenvalue weighted by atomic mass is 14.7. The lowest BCUT2D eigenvalue weighted by molar-refractivity contribution is 1.45. The minimum absolute atomic E-state index is 1.03. The molecule has 0 fully saturated rings. The molecule has 5 rings (SSSR count). The average Bonchev–Trinajstić information content (AvgIpc) is 3.19. The van der Waals surface area contributed by atoms with Gasteiger partial charge in [0.25, 0.3) is 0 Å². The quantitative estimate of drug-likeness (QED) is 0.500. The molecule has 0 saturated heterocycles. The van der Waals surface area contributed by atoms with Crippen molar-refractivity contribution in [2.45, 2.75) is 0 Å². The van der Waals surface area contributed by atoms with Crippen molar-refractivity contribution in [1.82, 2.24) is 4.98 Å². The molecule has 1 aliphatic heterocycles. The average molecular weight is 268 g/mol. The Morgan fingerprint density at radius 2 is 1.71 bits per heavy atom. The first-order chi connectivity index (χ1) is 10.4. The molecule has 0 unspecified atom stereocenters. The fraction of sp³-hybridized carbons (Fsp3) is 0. The van der Waals surface area contributed by atoms with Crippen molar-refractivity contribution in [3.63, 3.8) is 0 Å². The van der Waals surface area contributed by atoms with Crippen LogP contribution in [0.3, 0.4) is 0 Å². The summed E-state index contributed by atoms with van der Waals surface area (Å²) in [5.41, 5.74) is 2.20. The standard InChI is InChI=1S/C19H12N2/c1-4-12-5-2-7-15-17(12)13(6-1)14-9-11-21-19(14)18(15)16-8-3-10-20-16/h1-11,21H/b18-16-. The molecule has 0 spiro atoms. The minimum atomic E-state index is 1.03. The summed E-state index contributed by atoms with van der Waals surface area (Å²) in [5, 5.41) is 7.62. The Bertz CT molecular complexity index is 1110. The fourth-order valence-corrected chi connectivity index (χ4v) is 3.42. The Balaban J connectivity index is 2.26. The Labute approximate surface area is 121 Å². The summed E-state index contributed by atoms with van der Waals surface area (Å²) in [6.45, 7) is 0. The Morgan fingerprint density at radius 1 is 0.857 bits per heavy atom. The molecule has 0 aliphatic carbocycles. The van der Waals surface area contributed by atoms with Gasteiger partial charge < -0.3 is 4.98 Å². The largest absolute Gasteiger partial charge is 0.361 e. The van der Waals surface area contributed by atoms with Crippen LogP contribution in [-0.2, 0) is 0 Å². The second kappa shape index (κ2) is 3.83. The van der Waals surface area contributed by atoms with E-state index in [1.54, 1.807) is 0 Å². The van der Waals surface area contributed by atoms with E-state index in [2.05, 4.69) is 58.5 Å². The lowest BCUT2D eigenvalue weighted by Crippen LogP contribution is -2.08. The second-order valence-corrected chi connectivity index (χ2v) is 5.37. The zero-order valence-corrected chi connectivity index (χ0v) is 11.3. The molecule has 0 radical (unpaired) electrons. The summed E-state index contributed by atoms with van der Waals surface area (Å²) in [5.74, 6) is 0. The predicted molar refractivity (Wildman–Crippen MR) is 89.6 cm³/mol. The number of hydrogen-bond donors (Lipinski definition) is 1. The van der Waals surface area contributed by atoms with Crippen molar-refractivity contribution < 1.29 is 0 Å². The van der Waals surface area contributed by atoms with Crippen molar-refractivity contribution in [2.75, 3.05) is 0 Å². The number of nitrogens with zero attached hydrogens (tertiary/aromatic N) is 1. The molecule has 2 heteroatoms. The zero-order chi connectivity index (χ0) is 13.8. The van der Waals surface area contributed by atoms with Crippen LogP contribution in [-0.4, -0.2) is 11.2 Å². The number of allylic oxidation sites excluding steroid dienone is 1. The van der Waals surface area contributed by atoms with Gasteiger partial charge >= 0.3 is 0 Å². The van der Waals surface area contributed by atoms with Gasteiger partial charge in [-0.15, -0.1) is 0 Å². The molecule has 1 aliphatic rings. The highest BCUT2D eigenvalue weighted by Gasteiger charge is 2.12. The number of nitrogens with one attached hydrogen (secondary N) is 1. The van der Waals surface area contributed by atoms with E-state index in [4.69, 9.17) is 0 Å². The topological polar surface area (TPSA) is 28.1 Å². The van der Waals surface area contributed by atoms with E-state index in [9.17, 15) is 0 Å². The van der Waals surface area contributed by atoms with Gasteiger partial charge in [-0.05, 0) is 39.8 Å². The third-order valence-electron chi connectivity index (χ3n) is 4.27. The van der Waals surface area contributed by atoms with Gasteiger partial charge in [-0.1, -0.05) is 36.4 Å². The summed E-state index contributed by atoms with van der Waals surface area (Å²) < 4.78 is 0. The molecule has 1 N–H and O–H groups in total. The van der Waals surface area contributed by atoms with Crippen LogP contribution in [0.25, 0.3) is 38.1 Å². The Kier molecular flexibility index (Phi) is 1.98. The van der Waals surface area contributed by atoms with E-state index in [-0.39, 0.29) is 0 Å². The summed E-state index contributed by atoms with van der Waals surface area (Å²) >= 11 is 0. The summed E-state index contributed by atoms with van der Waals surface area (Å²) in [6, 6.07) is 15.2. The van der Waals surface area contributed by atoms with Gasteiger partial charge in [0.15, 0.2) is 0 Å². The van der Waals surface area contributed by atoms with Crippen molar-refractivity contribution in [1.29, 1.82) is 0 Å². The highest BCUT2D eigenvalue weighted by Crippen LogP contribution is 2.30. The van der Waals surface area contributed by atoms with E-state index in [0.717, 1.165) is 5.70 Å². The molecule has 2 heterocycles. The molecule has 0 amide bonds. The van der Waals surface area contributed by atoms with Crippen LogP contribution in [0.2, 0.25) is 0 Å². The zero-order valence-electron chi connectivity index (χ0n) is 11.3. The van der Waals surface area contributed by atoms with E-state index >= 15 is 0 Å². The van der Waals surface area contributed by atoms with Gasteiger partial charge in [0.2, 0.25) is 0 Å². The molecule has 98 valence electrons. The van der Waals surface area contributed by atoms with Crippen LogP contribution in [0, 0.1) is 0 Å². The van der Waals surface area contributed by atoms with Gasteiger partial charge in [-0.25, -0.2) is 0 Å². The maximum absolute atomic E-state index is 4.52. The number of hydrogen-bond acceptors (Lipinski definition) is 1. The van der Waals surface area contributed by atoms with Gasteiger partial charge in [0, 0.05) is 23.0 Å². The molecule has 4 aromatic rings. The summed E-state index contributed by atoms with van der Waals surface area (Å²) in [4.78, 5) is 7.92. The number of aromatic nitrogens is 1. The van der Waals surface area contributed by atoms with Gasteiger partial charge in [-0.3, -0.25) is 4.99 Å². The smallest absolute Gasteiger partial charge is 0.0729 e. The van der Waals surface area contributed by atoms with Crippen molar-refractivity contribution in [3.8, 4) is 0 Å². The summed E-state index contributed by atoms with van der Waals surface area (Å²) in [7, 11) is 0. The van der Waals surface area contributed by atoms with Crippen LogP contribution < -0.4 is 5.22 Å². The van der Waals surface area contributed by atoms with Gasteiger partial charge in [-0.2, -0.15) is 0 Å². The van der Waals surface area contributed by atoms with Crippen LogP contribution in [0.4, 0.5) is 0 Å². The van der Waals surface area contributed by atoms with Crippen LogP contribution in [0.1, 0.15) is 0 Å². The highest BCUT2D eigenvalue weighted by molar-refractivity contribution is 6.21. The first kappa shape index (κ1) is 10.9. The molecular formula is C19H12N2. The minimum Gasteiger partial charge on any atom is -0.361 e. The van der Waals surface area contributed by atoms with E-state index in [1.165, 1.54) is 37.7 Å². The molecule has 2 nitrogen and oxygen atoms in total. The molecule has 21 heavy (non-hydrogen) atoms. The number of fused-ring (bicyclic) bond motifs is 2. The van der Waals surface area contributed by atoms with Crippen LogP contribution >= 0.6 is 0 Å². The maximum atomic E-state index is 4.52. The second-order valence-electron chi connectivity index (χ2n) is 5.37. The SMILES string of the molecule is C1=C/C(=c2\c3cccc4cccc(c5cc[nH]c25)c43)N=C1. The van der Waals surface area contributed by atoms with Crippen LogP contribution in [0.15, 0.2) is 65.8 Å². The third kappa shape index (κ3) is 1.34. The van der Waals surface area contributed by atoms with Crippen molar-refractivity contribution in [3.05, 3.63) is 66.0 Å². The molecule has 0 bridgehead atoms. The first-order valence-corrected chi connectivity index (χ1v) is 7.09. The lowest BCUT2D eigenvalue weighted by Gasteiger charge is -2.09. The van der Waals surface area contributed by atoms with Gasteiger partial charge in [0.05, 0.1) is 11.2 Å². The number of benzene rings is 3. The molecule has 0 atom stereocenters. The number of rotatable bonds is 0. The Hall–Kier alpha value is -2.87. The molecule has 0 saturated carbocycles. The first-order valence-electron chi connectivity index (χ1n) is 7.09. The monoisotopic (exact) mass is 268 g/mol. The number of H-pyrrole nitrogens is 1. The summed E-state index contributed by atoms with van der Waals surface area (Å²) in [6.07, 6.45) is 7.93. The fourth-order valence-electron chi connectivity index (χ4n) is 3.42. The van der Waals surface area contributed by atoms with Crippen LogP contribution in [0.5, 0.6) is 0 Å². The maximum Gasteiger partial charge on any atom is 0.0729 e. The van der Waals surface area contributed by atoms with E-state index < -0.39 is 0 Å². The molecular weight excluding hydrogens is 256 g/mol. The van der Waals surface area contributed by atoms with Crippen molar-refractivity contribution in [2.24, 2.45) is 4.99 Å². The van der Waals surface area contributed by atoms with Gasteiger partial charge in [0.1, 0.15) is 0 Å². The predicted octanol–water partition coefficient (Wildman–Crippen LogP) is 3.94. The third-order valence-corrected chi connectivity index (χ3v) is 4.27. The normalized spacial score (nSPS) is 16.8.